The average molecular weight is 328 g/mol. The normalized spacial score (nSPS) is 11.4. The molecule has 7 heteroatoms. The van der Waals surface area contributed by atoms with Crippen LogP contribution in [-0.4, -0.2) is 30.3 Å². The number of nitro benzene ring substituents is 1. The molecule has 0 aliphatic carbocycles. The van der Waals surface area contributed by atoms with Crippen molar-refractivity contribution >= 4 is 23.6 Å². The Morgan fingerprint density at radius 3 is 2.50 bits per heavy atom. The number of likely N-dealkylation sites (N-methyl/N-ethyl adjacent to an activating group) is 1. The van der Waals surface area contributed by atoms with Gasteiger partial charge in [0.05, 0.1) is 10.5 Å². The minimum absolute atomic E-state index is 0.0196. The minimum atomic E-state index is -0.865. The lowest BCUT2D eigenvalue weighted by Crippen LogP contribution is -2.38. The molecule has 2 aromatic rings. The Balaban J connectivity index is 2.17. The Morgan fingerprint density at radius 2 is 1.92 bits per heavy atom. The number of benzene rings is 2. The number of carbonyl (C=O) groups excluding carboxylic acids is 2. The van der Waals surface area contributed by atoms with Crippen LogP contribution in [0.25, 0.3) is 0 Å². The number of amides is 1. The largest absolute Gasteiger partial charge is 0.480 e. The molecule has 24 heavy (non-hydrogen) atoms. The number of rotatable bonds is 6. The van der Waals surface area contributed by atoms with Gasteiger partial charge in [-0.2, -0.15) is 0 Å². The molecule has 0 N–H and O–H groups in total. The van der Waals surface area contributed by atoms with Gasteiger partial charge in [-0.05, 0) is 25.1 Å². The van der Waals surface area contributed by atoms with Crippen molar-refractivity contribution in [3.8, 4) is 5.75 Å². The molecule has 2 rings (SSSR count). The molecule has 0 aromatic heterocycles. The molecule has 0 fully saturated rings. The third kappa shape index (κ3) is 3.75. The van der Waals surface area contributed by atoms with E-state index in [1.165, 1.54) is 17.0 Å². The lowest BCUT2D eigenvalue weighted by molar-refractivity contribution is -0.384. The molecule has 2 aromatic carbocycles. The molecule has 124 valence electrons. The molecule has 0 radical (unpaired) electrons. The zero-order valence-electron chi connectivity index (χ0n) is 13.2. The Morgan fingerprint density at radius 1 is 1.25 bits per heavy atom. The van der Waals surface area contributed by atoms with Crippen LogP contribution in [0.15, 0.2) is 48.5 Å². The number of hydrogen-bond donors (Lipinski definition) is 0. The van der Waals surface area contributed by atoms with Crippen molar-refractivity contribution in [2.75, 3.05) is 11.9 Å². The fourth-order valence-corrected chi connectivity index (χ4v) is 2.14. The number of ether oxygens (including phenoxy) is 1. The lowest BCUT2D eigenvalue weighted by Gasteiger charge is -2.22. The Bertz CT molecular complexity index is 761. The number of non-ortho nitro benzene ring substituents is 1. The molecule has 1 atom stereocenters. The zero-order valence-corrected chi connectivity index (χ0v) is 13.2. The number of para-hydroxylation sites is 1. The van der Waals surface area contributed by atoms with Gasteiger partial charge >= 0.3 is 0 Å². The van der Waals surface area contributed by atoms with Crippen molar-refractivity contribution < 1.29 is 19.2 Å². The van der Waals surface area contributed by atoms with E-state index >= 15 is 0 Å². The average Bonchev–Trinajstić information content (AvgIpc) is 2.61. The van der Waals surface area contributed by atoms with Crippen molar-refractivity contribution in [1.29, 1.82) is 0 Å². The van der Waals surface area contributed by atoms with E-state index in [0.717, 1.165) is 6.07 Å². The molecule has 0 bridgehead atoms. The van der Waals surface area contributed by atoms with Crippen molar-refractivity contribution in [2.45, 2.75) is 13.0 Å². The van der Waals surface area contributed by atoms with Gasteiger partial charge in [0, 0.05) is 24.9 Å². The number of nitrogens with zero attached hydrogens (tertiary/aromatic N) is 2. The summed E-state index contributed by atoms with van der Waals surface area (Å²) in [6.07, 6.45) is -0.407. The summed E-state index contributed by atoms with van der Waals surface area (Å²) < 4.78 is 5.53. The van der Waals surface area contributed by atoms with E-state index in [1.807, 2.05) is 18.2 Å². The van der Waals surface area contributed by atoms with E-state index in [4.69, 9.17) is 4.74 Å². The van der Waals surface area contributed by atoms with Crippen LogP contribution in [0.5, 0.6) is 5.75 Å². The molecule has 0 aliphatic heterocycles. The van der Waals surface area contributed by atoms with Crippen LogP contribution in [0, 0.1) is 10.1 Å². The predicted molar refractivity (Wildman–Crippen MR) is 88.4 cm³/mol. The van der Waals surface area contributed by atoms with Crippen LogP contribution >= 0.6 is 0 Å². The zero-order chi connectivity index (χ0) is 17.7. The van der Waals surface area contributed by atoms with Crippen molar-refractivity contribution in [1.82, 2.24) is 0 Å². The number of nitro groups is 1. The summed E-state index contributed by atoms with van der Waals surface area (Å²) in [4.78, 5) is 35.1. The van der Waals surface area contributed by atoms with Gasteiger partial charge in [-0.25, -0.2) is 0 Å². The monoisotopic (exact) mass is 328 g/mol. The van der Waals surface area contributed by atoms with E-state index in [9.17, 15) is 19.7 Å². The first-order valence-corrected chi connectivity index (χ1v) is 7.17. The summed E-state index contributed by atoms with van der Waals surface area (Å²) in [5.74, 6) is -0.186. The predicted octanol–water partition coefficient (Wildman–Crippen LogP) is 2.84. The summed E-state index contributed by atoms with van der Waals surface area (Å²) in [6, 6.07) is 12.7. The summed E-state index contributed by atoms with van der Waals surface area (Å²) in [5.41, 5.74) is 0.508. The van der Waals surface area contributed by atoms with E-state index in [0.29, 0.717) is 12.0 Å². The van der Waals surface area contributed by atoms with Gasteiger partial charge in [0.25, 0.3) is 11.6 Å². The number of anilines is 1. The second-order valence-corrected chi connectivity index (χ2v) is 5.09. The van der Waals surface area contributed by atoms with Crippen molar-refractivity contribution in [2.24, 2.45) is 0 Å². The number of hydrogen-bond acceptors (Lipinski definition) is 5. The van der Waals surface area contributed by atoms with Crippen LogP contribution in [0.1, 0.15) is 17.3 Å². The van der Waals surface area contributed by atoms with E-state index in [1.54, 1.807) is 26.1 Å². The lowest BCUT2D eigenvalue weighted by atomic mass is 10.2. The van der Waals surface area contributed by atoms with Gasteiger partial charge in [0.15, 0.2) is 12.4 Å². The van der Waals surface area contributed by atoms with Gasteiger partial charge in [0.1, 0.15) is 5.75 Å². The van der Waals surface area contributed by atoms with Crippen molar-refractivity contribution in [3.05, 3.63) is 64.2 Å². The van der Waals surface area contributed by atoms with E-state index in [-0.39, 0.29) is 22.9 Å². The highest BCUT2D eigenvalue weighted by Gasteiger charge is 2.22. The molecule has 0 saturated heterocycles. The third-order valence-corrected chi connectivity index (χ3v) is 3.46. The maximum atomic E-state index is 12.4. The maximum Gasteiger partial charge on any atom is 0.270 e. The van der Waals surface area contributed by atoms with Crippen molar-refractivity contribution in [3.63, 3.8) is 0 Å². The third-order valence-electron chi connectivity index (χ3n) is 3.46. The summed E-state index contributed by atoms with van der Waals surface area (Å²) in [7, 11) is 1.62. The maximum absolute atomic E-state index is 12.4. The molecule has 7 nitrogen and oxygen atoms in total. The summed E-state index contributed by atoms with van der Waals surface area (Å²) in [6.45, 7) is 1.55. The number of carbonyl (C=O) groups is 2. The SMILES string of the molecule is C[C@@H](Oc1ccc([N+](=O)[O-])cc1C=O)C(=O)N(C)c1ccccc1. The second kappa shape index (κ2) is 7.36. The molecular formula is C17H16N2O5. The first kappa shape index (κ1) is 17.1. The Labute approximate surface area is 138 Å². The molecule has 0 unspecified atom stereocenters. The first-order chi connectivity index (χ1) is 11.4. The van der Waals surface area contributed by atoms with Crippen LogP contribution in [0.3, 0.4) is 0 Å². The molecule has 0 saturated carbocycles. The van der Waals surface area contributed by atoms with Crippen LogP contribution in [0.4, 0.5) is 11.4 Å². The Hall–Kier alpha value is -3.22. The minimum Gasteiger partial charge on any atom is -0.480 e. The highest BCUT2D eigenvalue weighted by atomic mass is 16.6. The second-order valence-electron chi connectivity index (χ2n) is 5.09. The quantitative estimate of drug-likeness (QED) is 0.462. The van der Waals surface area contributed by atoms with Gasteiger partial charge in [-0.1, -0.05) is 18.2 Å². The van der Waals surface area contributed by atoms with Crippen LogP contribution < -0.4 is 9.64 Å². The topological polar surface area (TPSA) is 89.7 Å². The molecule has 0 aliphatic rings. The van der Waals surface area contributed by atoms with Gasteiger partial charge in [0.2, 0.25) is 0 Å². The van der Waals surface area contributed by atoms with Crippen LogP contribution in [0.2, 0.25) is 0 Å². The molecular weight excluding hydrogens is 312 g/mol. The molecule has 1 amide bonds. The van der Waals surface area contributed by atoms with E-state index < -0.39 is 11.0 Å². The fraction of sp³-hybridized carbons (Fsp3) is 0.176. The highest BCUT2D eigenvalue weighted by Crippen LogP contribution is 2.24. The molecule has 0 heterocycles. The van der Waals surface area contributed by atoms with Gasteiger partial charge < -0.3 is 9.64 Å². The fourth-order valence-electron chi connectivity index (χ4n) is 2.14. The smallest absolute Gasteiger partial charge is 0.270 e. The summed E-state index contributed by atoms with van der Waals surface area (Å²) >= 11 is 0. The molecule has 0 spiro atoms. The Kier molecular flexibility index (Phi) is 5.26. The first-order valence-electron chi connectivity index (χ1n) is 7.17. The standard InChI is InChI=1S/C17H16N2O5/c1-12(17(21)18(2)14-6-4-3-5-7-14)24-16-9-8-15(19(22)23)10-13(16)11-20/h3-12H,1-2H3/t12-/m1/s1. The van der Waals surface area contributed by atoms with Crippen LogP contribution in [-0.2, 0) is 4.79 Å². The van der Waals surface area contributed by atoms with Gasteiger partial charge in [-0.15, -0.1) is 0 Å². The summed E-state index contributed by atoms with van der Waals surface area (Å²) in [5, 5.41) is 10.7. The van der Waals surface area contributed by atoms with E-state index in [2.05, 4.69) is 0 Å². The van der Waals surface area contributed by atoms with Gasteiger partial charge in [-0.3, -0.25) is 19.7 Å². The highest BCUT2D eigenvalue weighted by molar-refractivity contribution is 5.96. The number of aldehydes is 1.